The molecule has 150 valence electrons. The molecule has 1 aliphatic rings. The Labute approximate surface area is 178 Å². The van der Waals surface area contributed by atoms with Crippen molar-refractivity contribution in [2.45, 2.75) is 18.9 Å². The van der Waals surface area contributed by atoms with Crippen LogP contribution in [0.4, 0.5) is 0 Å². The predicted octanol–water partition coefficient (Wildman–Crippen LogP) is 4.10. The zero-order chi connectivity index (χ0) is 20.6. The number of halogens is 1. The summed E-state index contributed by atoms with van der Waals surface area (Å²) in [4.78, 5) is 12.1. The van der Waals surface area contributed by atoms with E-state index in [1.807, 2.05) is 30.3 Å². The zero-order valence-corrected chi connectivity index (χ0v) is 17.6. The van der Waals surface area contributed by atoms with E-state index in [-0.39, 0.29) is 17.5 Å². The SMILES string of the molecule is COc1cc(/C=C(\C#N)C(=O)NC2CC2)ccc1OCCOc1cccc(Br)c1. The molecule has 1 aliphatic carbocycles. The Kier molecular flexibility index (Phi) is 7.14. The molecule has 1 fully saturated rings. The molecule has 1 amide bonds. The van der Waals surface area contributed by atoms with E-state index in [2.05, 4.69) is 21.2 Å². The number of ether oxygens (including phenoxy) is 3. The molecule has 0 aliphatic heterocycles. The first-order valence-electron chi connectivity index (χ1n) is 9.21. The van der Waals surface area contributed by atoms with E-state index in [1.165, 1.54) is 0 Å². The highest BCUT2D eigenvalue weighted by atomic mass is 79.9. The van der Waals surface area contributed by atoms with Crippen LogP contribution in [0, 0.1) is 11.3 Å². The molecular formula is C22H21BrN2O4. The van der Waals surface area contributed by atoms with Gasteiger partial charge in [0.1, 0.15) is 30.6 Å². The van der Waals surface area contributed by atoms with Crippen molar-refractivity contribution in [2.75, 3.05) is 20.3 Å². The van der Waals surface area contributed by atoms with E-state index in [4.69, 9.17) is 14.2 Å². The lowest BCUT2D eigenvalue weighted by atomic mass is 10.1. The molecule has 0 spiro atoms. The average molecular weight is 457 g/mol. The van der Waals surface area contributed by atoms with E-state index in [1.54, 1.807) is 31.4 Å². The van der Waals surface area contributed by atoms with E-state index < -0.39 is 0 Å². The summed E-state index contributed by atoms with van der Waals surface area (Å²) in [5.41, 5.74) is 0.747. The zero-order valence-electron chi connectivity index (χ0n) is 16.0. The Morgan fingerprint density at radius 2 is 2.00 bits per heavy atom. The van der Waals surface area contributed by atoms with Gasteiger partial charge in [-0.05, 0) is 54.8 Å². The van der Waals surface area contributed by atoms with Gasteiger partial charge in [0, 0.05) is 10.5 Å². The molecule has 0 atom stereocenters. The lowest BCUT2D eigenvalue weighted by molar-refractivity contribution is -0.117. The second-order valence-electron chi connectivity index (χ2n) is 6.48. The van der Waals surface area contributed by atoms with Gasteiger partial charge in [-0.15, -0.1) is 0 Å². The molecule has 0 bridgehead atoms. The van der Waals surface area contributed by atoms with Crippen LogP contribution in [-0.2, 0) is 4.79 Å². The summed E-state index contributed by atoms with van der Waals surface area (Å²) in [6.07, 6.45) is 3.48. The molecular weight excluding hydrogens is 436 g/mol. The maximum atomic E-state index is 12.1. The standard InChI is InChI=1S/C22H21BrN2O4/c1-27-21-12-15(11-16(14-24)22(26)25-18-6-7-18)5-8-20(21)29-10-9-28-19-4-2-3-17(23)13-19/h2-5,8,11-13,18H,6-7,9-10H2,1H3,(H,25,26)/b16-11+. The van der Waals surface area contributed by atoms with Crippen LogP contribution in [0.25, 0.3) is 6.08 Å². The predicted molar refractivity (Wildman–Crippen MR) is 113 cm³/mol. The molecule has 0 aromatic heterocycles. The first-order valence-corrected chi connectivity index (χ1v) is 10.00. The third-order valence-electron chi connectivity index (χ3n) is 4.18. The number of rotatable bonds is 9. The minimum Gasteiger partial charge on any atom is -0.493 e. The Balaban J connectivity index is 1.59. The lowest BCUT2D eigenvalue weighted by Crippen LogP contribution is -2.26. The highest BCUT2D eigenvalue weighted by molar-refractivity contribution is 9.10. The van der Waals surface area contributed by atoms with Crippen LogP contribution in [0.1, 0.15) is 18.4 Å². The number of carbonyl (C=O) groups is 1. The maximum Gasteiger partial charge on any atom is 0.262 e. The number of hydrogen-bond donors (Lipinski definition) is 1. The van der Waals surface area contributed by atoms with Crippen molar-refractivity contribution in [2.24, 2.45) is 0 Å². The monoisotopic (exact) mass is 456 g/mol. The minimum atomic E-state index is -0.348. The maximum absolute atomic E-state index is 12.1. The fourth-order valence-electron chi connectivity index (χ4n) is 2.57. The van der Waals surface area contributed by atoms with Crippen molar-refractivity contribution >= 4 is 27.9 Å². The van der Waals surface area contributed by atoms with E-state index >= 15 is 0 Å². The summed E-state index contributed by atoms with van der Waals surface area (Å²) < 4.78 is 17.7. The van der Waals surface area contributed by atoms with Crippen LogP contribution >= 0.6 is 15.9 Å². The highest BCUT2D eigenvalue weighted by Gasteiger charge is 2.24. The van der Waals surface area contributed by atoms with Gasteiger partial charge >= 0.3 is 0 Å². The van der Waals surface area contributed by atoms with Gasteiger partial charge in [0.25, 0.3) is 5.91 Å². The summed E-state index contributed by atoms with van der Waals surface area (Å²) in [5.74, 6) is 1.48. The molecule has 0 heterocycles. The van der Waals surface area contributed by atoms with Crippen molar-refractivity contribution in [3.63, 3.8) is 0 Å². The number of carbonyl (C=O) groups excluding carboxylic acids is 1. The van der Waals surface area contributed by atoms with Gasteiger partial charge in [-0.2, -0.15) is 5.26 Å². The summed E-state index contributed by atoms with van der Waals surface area (Å²) in [6, 6.07) is 15.0. The molecule has 29 heavy (non-hydrogen) atoms. The number of amides is 1. The number of hydrogen-bond acceptors (Lipinski definition) is 5. The normalized spacial score (nSPS) is 13.3. The smallest absolute Gasteiger partial charge is 0.262 e. The average Bonchev–Trinajstić information content (AvgIpc) is 3.53. The third kappa shape index (κ3) is 6.26. The second-order valence-corrected chi connectivity index (χ2v) is 7.40. The first-order chi connectivity index (χ1) is 14.1. The van der Waals surface area contributed by atoms with Gasteiger partial charge in [0.15, 0.2) is 11.5 Å². The van der Waals surface area contributed by atoms with Gasteiger partial charge in [0.2, 0.25) is 0 Å². The Morgan fingerprint density at radius 3 is 2.69 bits per heavy atom. The van der Waals surface area contributed by atoms with Crippen LogP contribution in [0.5, 0.6) is 17.2 Å². The fraction of sp³-hybridized carbons (Fsp3) is 0.273. The molecule has 0 saturated heterocycles. The lowest BCUT2D eigenvalue weighted by Gasteiger charge is -2.12. The summed E-state index contributed by atoms with van der Waals surface area (Å²) in [5, 5.41) is 12.1. The van der Waals surface area contributed by atoms with Gasteiger partial charge in [-0.3, -0.25) is 4.79 Å². The van der Waals surface area contributed by atoms with Crippen LogP contribution in [0.15, 0.2) is 52.5 Å². The fourth-order valence-corrected chi connectivity index (χ4v) is 2.95. The van der Waals surface area contributed by atoms with E-state index in [0.717, 1.165) is 23.1 Å². The van der Waals surface area contributed by atoms with Crippen molar-refractivity contribution in [3.05, 3.63) is 58.1 Å². The molecule has 2 aromatic carbocycles. The van der Waals surface area contributed by atoms with E-state index in [0.29, 0.717) is 30.3 Å². The summed E-state index contributed by atoms with van der Waals surface area (Å²) in [6.45, 7) is 0.715. The molecule has 6 nitrogen and oxygen atoms in total. The van der Waals surface area contributed by atoms with Gasteiger partial charge in [-0.1, -0.05) is 28.1 Å². The molecule has 0 radical (unpaired) electrons. The van der Waals surface area contributed by atoms with Crippen molar-refractivity contribution in [1.82, 2.24) is 5.32 Å². The molecule has 1 N–H and O–H groups in total. The third-order valence-corrected chi connectivity index (χ3v) is 4.68. The van der Waals surface area contributed by atoms with Crippen LogP contribution in [-0.4, -0.2) is 32.3 Å². The number of nitriles is 1. The van der Waals surface area contributed by atoms with E-state index in [9.17, 15) is 10.1 Å². The van der Waals surface area contributed by atoms with Crippen LogP contribution in [0.3, 0.4) is 0 Å². The van der Waals surface area contributed by atoms with Crippen LogP contribution < -0.4 is 19.5 Å². The Bertz CT molecular complexity index is 948. The van der Waals surface area contributed by atoms with Crippen molar-refractivity contribution < 1.29 is 19.0 Å². The topological polar surface area (TPSA) is 80.6 Å². The molecule has 1 saturated carbocycles. The Hall–Kier alpha value is -2.98. The summed E-state index contributed by atoms with van der Waals surface area (Å²) in [7, 11) is 1.54. The minimum absolute atomic E-state index is 0.0649. The quantitative estimate of drug-likeness (QED) is 0.349. The Morgan fingerprint density at radius 1 is 1.21 bits per heavy atom. The molecule has 0 unspecified atom stereocenters. The molecule has 2 aromatic rings. The van der Waals surface area contributed by atoms with Gasteiger partial charge < -0.3 is 19.5 Å². The van der Waals surface area contributed by atoms with Crippen molar-refractivity contribution in [3.8, 4) is 23.3 Å². The first kappa shape index (κ1) is 20.7. The highest BCUT2D eigenvalue weighted by Crippen LogP contribution is 2.29. The molecule has 3 rings (SSSR count). The number of nitrogens with one attached hydrogen (secondary N) is 1. The second kappa shape index (κ2) is 9.99. The largest absolute Gasteiger partial charge is 0.493 e. The number of methoxy groups -OCH3 is 1. The van der Waals surface area contributed by atoms with Crippen molar-refractivity contribution in [1.29, 1.82) is 5.26 Å². The van der Waals surface area contributed by atoms with Crippen LogP contribution in [0.2, 0.25) is 0 Å². The van der Waals surface area contributed by atoms with Gasteiger partial charge in [-0.25, -0.2) is 0 Å². The number of nitrogens with zero attached hydrogens (tertiary/aromatic N) is 1. The number of benzene rings is 2. The molecule has 7 heteroatoms. The van der Waals surface area contributed by atoms with Gasteiger partial charge in [0.05, 0.1) is 7.11 Å². The summed E-state index contributed by atoms with van der Waals surface area (Å²) >= 11 is 3.40.